The monoisotopic (exact) mass is 280 g/mol. The molecule has 1 saturated heterocycles. The molecule has 6 heteroatoms. The minimum atomic E-state index is -0.845. The molecule has 0 bridgehead atoms. The highest BCUT2D eigenvalue weighted by Gasteiger charge is 2.41. The Morgan fingerprint density at radius 2 is 2.32 bits per heavy atom. The molecular formula is C13H16N2O3S. The number of hydrogen-bond donors (Lipinski definition) is 1. The Kier molecular flexibility index (Phi) is 3.71. The fraction of sp³-hybridized carbons (Fsp3) is 0.462. The van der Waals surface area contributed by atoms with Gasteiger partial charge in [-0.2, -0.15) is 0 Å². The molecule has 1 N–H and O–H groups in total. The van der Waals surface area contributed by atoms with E-state index >= 15 is 0 Å². The third-order valence-corrected chi connectivity index (χ3v) is 4.13. The predicted molar refractivity (Wildman–Crippen MR) is 72.8 cm³/mol. The Bertz CT molecular complexity index is 538. The number of aromatic nitrogens is 1. The molecule has 1 fully saturated rings. The average Bonchev–Trinajstić information content (AvgIpc) is 2.94. The van der Waals surface area contributed by atoms with Gasteiger partial charge < -0.3 is 10.0 Å². The van der Waals surface area contributed by atoms with Gasteiger partial charge in [0.05, 0.1) is 16.1 Å². The number of hydrogen-bond acceptors (Lipinski definition) is 4. The molecule has 0 spiro atoms. The van der Waals surface area contributed by atoms with E-state index in [9.17, 15) is 9.59 Å². The number of nitrogens with zero attached hydrogens (tertiary/aromatic N) is 2. The van der Waals surface area contributed by atoms with Crippen molar-refractivity contribution in [2.75, 3.05) is 13.1 Å². The Morgan fingerprint density at radius 1 is 1.58 bits per heavy atom. The Balaban J connectivity index is 1.99. The van der Waals surface area contributed by atoms with E-state index in [-0.39, 0.29) is 12.5 Å². The molecule has 0 aliphatic carbocycles. The Hall–Kier alpha value is -1.69. The van der Waals surface area contributed by atoms with Gasteiger partial charge in [-0.15, -0.1) is 11.3 Å². The molecular weight excluding hydrogens is 264 g/mol. The maximum Gasteiger partial charge on any atom is 0.311 e. The first-order valence-corrected chi connectivity index (χ1v) is 6.91. The van der Waals surface area contributed by atoms with Crippen LogP contribution in [0.3, 0.4) is 0 Å². The number of aryl methyl sites for hydroxylation is 1. The molecule has 0 radical (unpaired) electrons. The summed E-state index contributed by atoms with van der Waals surface area (Å²) in [5.41, 5.74) is -0.0585. The van der Waals surface area contributed by atoms with Crippen LogP contribution in [0, 0.1) is 12.3 Å². The van der Waals surface area contributed by atoms with Crippen molar-refractivity contribution in [2.45, 2.75) is 20.3 Å². The van der Waals surface area contributed by atoms with Gasteiger partial charge in [0.2, 0.25) is 5.91 Å². The molecule has 2 heterocycles. The largest absolute Gasteiger partial charge is 0.481 e. The summed E-state index contributed by atoms with van der Waals surface area (Å²) < 4.78 is 0. The van der Waals surface area contributed by atoms with Crippen molar-refractivity contribution >= 4 is 29.3 Å². The van der Waals surface area contributed by atoms with Gasteiger partial charge in [-0.05, 0) is 26.3 Å². The van der Waals surface area contributed by atoms with Crippen LogP contribution in [0.4, 0.5) is 0 Å². The number of aliphatic carboxylic acids is 1. The van der Waals surface area contributed by atoms with E-state index in [1.807, 2.05) is 12.3 Å². The summed E-state index contributed by atoms with van der Waals surface area (Å²) in [5.74, 6) is -1.00. The van der Waals surface area contributed by atoms with Crippen molar-refractivity contribution in [1.82, 2.24) is 9.88 Å². The van der Waals surface area contributed by atoms with Crippen LogP contribution < -0.4 is 0 Å². The van der Waals surface area contributed by atoms with Crippen LogP contribution >= 0.6 is 11.3 Å². The second-order valence-electron chi connectivity index (χ2n) is 5.00. The van der Waals surface area contributed by atoms with Gasteiger partial charge >= 0.3 is 5.97 Å². The average molecular weight is 280 g/mol. The molecule has 1 atom stereocenters. The molecule has 2 rings (SSSR count). The fourth-order valence-electron chi connectivity index (χ4n) is 2.04. The lowest BCUT2D eigenvalue weighted by atomic mass is 9.90. The van der Waals surface area contributed by atoms with E-state index in [4.69, 9.17) is 5.11 Å². The van der Waals surface area contributed by atoms with Gasteiger partial charge in [-0.1, -0.05) is 0 Å². The molecule has 0 unspecified atom stereocenters. The number of carboxylic acids is 1. The second kappa shape index (κ2) is 5.13. The second-order valence-corrected chi connectivity index (χ2v) is 6.06. The zero-order valence-corrected chi connectivity index (χ0v) is 11.7. The van der Waals surface area contributed by atoms with Crippen molar-refractivity contribution in [1.29, 1.82) is 0 Å². The number of thiazole rings is 1. The fourth-order valence-corrected chi connectivity index (χ4v) is 2.62. The highest BCUT2D eigenvalue weighted by molar-refractivity contribution is 7.09. The lowest BCUT2D eigenvalue weighted by molar-refractivity contribution is -0.147. The van der Waals surface area contributed by atoms with Gasteiger partial charge in [0.1, 0.15) is 0 Å². The van der Waals surface area contributed by atoms with E-state index in [1.165, 1.54) is 17.4 Å². The molecule has 0 aromatic carbocycles. The summed E-state index contributed by atoms with van der Waals surface area (Å²) in [6.45, 7) is 4.34. The Labute approximate surface area is 115 Å². The zero-order chi connectivity index (χ0) is 14.0. The van der Waals surface area contributed by atoms with Gasteiger partial charge in [0, 0.05) is 24.5 Å². The molecule has 1 aliphatic heterocycles. The number of amides is 1. The molecule has 1 aromatic rings. The van der Waals surface area contributed by atoms with Crippen molar-refractivity contribution < 1.29 is 14.7 Å². The summed E-state index contributed by atoms with van der Waals surface area (Å²) in [6, 6.07) is 0. The van der Waals surface area contributed by atoms with Gasteiger partial charge in [-0.25, -0.2) is 4.98 Å². The normalized spacial score (nSPS) is 23.2. The maximum atomic E-state index is 12.0. The summed E-state index contributed by atoms with van der Waals surface area (Å²) in [7, 11) is 0. The van der Waals surface area contributed by atoms with E-state index in [0.717, 1.165) is 10.7 Å². The molecule has 102 valence electrons. The summed E-state index contributed by atoms with van der Waals surface area (Å²) >= 11 is 1.53. The number of carbonyl (C=O) groups excluding carboxylic acids is 1. The smallest absolute Gasteiger partial charge is 0.311 e. The van der Waals surface area contributed by atoms with Crippen molar-refractivity contribution in [2.24, 2.45) is 5.41 Å². The van der Waals surface area contributed by atoms with Gasteiger partial charge in [-0.3, -0.25) is 9.59 Å². The summed E-state index contributed by atoms with van der Waals surface area (Å²) in [4.78, 5) is 28.9. The van der Waals surface area contributed by atoms with Gasteiger partial charge in [0.15, 0.2) is 0 Å². The van der Waals surface area contributed by atoms with E-state index < -0.39 is 11.4 Å². The van der Waals surface area contributed by atoms with Crippen LogP contribution in [0.2, 0.25) is 0 Å². The van der Waals surface area contributed by atoms with Crippen molar-refractivity contribution in [3.63, 3.8) is 0 Å². The lowest BCUT2D eigenvalue weighted by Crippen LogP contribution is -2.34. The zero-order valence-electron chi connectivity index (χ0n) is 10.9. The first kappa shape index (κ1) is 13.7. The van der Waals surface area contributed by atoms with Crippen LogP contribution in [0.1, 0.15) is 24.0 Å². The van der Waals surface area contributed by atoms with Crippen LogP contribution in [0.25, 0.3) is 6.08 Å². The summed E-state index contributed by atoms with van der Waals surface area (Å²) in [5, 5.41) is 11.9. The highest BCUT2D eigenvalue weighted by atomic mass is 32.1. The Morgan fingerprint density at radius 3 is 2.84 bits per heavy atom. The molecule has 19 heavy (non-hydrogen) atoms. The maximum absolute atomic E-state index is 12.0. The molecule has 1 aromatic heterocycles. The van der Waals surface area contributed by atoms with Crippen molar-refractivity contribution in [3.05, 3.63) is 22.2 Å². The minimum Gasteiger partial charge on any atom is -0.481 e. The molecule has 5 nitrogen and oxygen atoms in total. The number of carboxylic acid groups (broad SMARTS) is 1. The molecule has 1 aliphatic rings. The summed E-state index contributed by atoms with van der Waals surface area (Å²) in [6.07, 6.45) is 3.63. The quantitative estimate of drug-likeness (QED) is 0.857. The highest BCUT2D eigenvalue weighted by Crippen LogP contribution is 2.30. The first-order valence-electron chi connectivity index (χ1n) is 6.03. The minimum absolute atomic E-state index is 0.157. The molecule has 1 amide bonds. The van der Waals surface area contributed by atoms with Gasteiger partial charge in [0.25, 0.3) is 0 Å². The van der Waals surface area contributed by atoms with Crippen LogP contribution in [-0.4, -0.2) is 40.0 Å². The topological polar surface area (TPSA) is 70.5 Å². The van der Waals surface area contributed by atoms with Crippen LogP contribution in [-0.2, 0) is 9.59 Å². The third kappa shape index (κ3) is 3.01. The SMILES string of the molecule is Cc1nc(/C=C/C(=O)N2CC[C@](C)(C(=O)O)C2)cs1. The van der Waals surface area contributed by atoms with Crippen LogP contribution in [0.15, 0.2) is 11.5 Å². The predicted octanol–water partition coefficient (Wildman–Crippen LogP) is 1.79. The van der Waals surface area contributed by atoms with Crippen molar-refractivity contribution in [3.8, 4) is 0 Å². The lowest BCUT2D eigenvalue weighted by Gasteiger charge is -2.18. The van der Waals surface area contributed by atoms with E-state index in [1.54, 1.807) is 17.9 Å². The number of carbonyl (C=O) groups is 2. The van der Waals surface area contributed by atoms with E-state index in [0.29, 0.717) is 13.0 Å². The van der Waals surface area contributed by atoms with E-state index in [2.05, 4.69) is 4.98 Å². The number of likely N-dealkylation sites (tertiary alicyclic amines) is 1. The standard InChI is InChI=1S/C13H16N2O3S/c1-9-14-10(7-19-9)3-4-11(16)15-6-5-13(2,8-15)12(17)18/h3-4,7H,5-6,8H2,1-2H3,(H,17,18)/b4-3+/t13-/m0/s1. The first-order chi connectivity index (χ1) is 8.90. The number of rotatable bonds is 3. The molecule has 0 saturated carbocycles. The third-order valence-electron chi connectivity index (χ3n) is 3.33. The van der Waals surface area contributed by atoms with Crippen LogP contribution in [0.5, 0.6) is 0 Å².